The van der Waals surface area contributed by atoms with Crippen molar-refractivity contribution in [2.75, 3.05) is 26.2 Å². The van der Waals surface area contributed by atoms with Crippen LogP contribution in [0, 0.1) is 12.7 Å². The van der Waals surface area contributed by atoms with Crippen molar-refractivity contribution in [3.8, 4) is 10.6 Å². The summed E-state index contributed by atoms with van der Waals surface area (Å²) in [7, 11) is 0. The number of aromatic nitrogens is 1. The predicted molar refractivity (Wildman–Crippen MR) is 114 cm³/mol. The highest BCUT2D eigenvalue weighted by molar-refractivity contribution is 7.13. The zero-order valence-corrected chi connectivity index (χ0v) is 17.4. The molecule has 0 atom stereocenters. The summed E-state index contributed by atoms with van der Waals surface area (Å²) >= 11 is 7.61. The van der Waals surface area contributed by atoms with Gasteiger partial charge in [-0.15, -0.1) is 11.3 Å². The van der Waals surface area contributed by atoms with Gasteiger partial charge in [-0.1, -0.05) is 41.4 Å². The fraction of sp³-hybridized carbons (Fsp3) is 0.318. The molecule has 0 N–H and O–H groups in total. The molecule has 0 spiro atoms. The molecule has 1 aliphatic heterocycles. The van der Waals surface area contributed by atoms with E-state index in [1.54, 1.807) is 17.4 Å². The minimum Gasteiger partial charge on any atom is -0.297 e. The first kappa shape index (κ1) is 19.5. The average molecular weight is 416 g/mol. The minimum absolute atomic E-state index is 0.198. The average Bonchev–Trinajstić information content (AvgIpc) is 3.15. The highest BCUT2D eigenvalue weighted by atomic mass is 35.5. The van der Waals surface area contributed by atoms with Crippen molar-refractivity contribution in [2.24, 2.45) is 0 Å². The highest BCUT2D eigenvalue weighted by Gasteiger charge is 2.18. The van der Waals surface area contributed by atoms with Crippen molar-refractivity contribution >= 4 is 22.9 Å². The van der Waals surface area contributed by atoms with Gasteiger partial charge in [0.1, 0.15) is 10.8 Å². The number of benzene rings is 2. The van der Waals surface area contributed by atoms with E-state index in [0.29, 0.717) is 0 Å². The summed E-state index contributed by atoms with van der Waals surface area (Å²) in [6, 6.07) is 13.5. The number of halogens is 2. The normalized spacial score (nSPS) is 15.8. The quantitative estimate of drug-likeness (QED) is 0.568. The van der Waals surface area contributed by atoms with Gasteiger partial charge in [0.15, 0.2) is 0 Å². The molecule has 0 bridgehead atoms. The number of hydrogen-bond donors (Lipinski definition) is 0. The van der Waals surface area contributed by atoms with Gasteiger partial charge in [0.05, 0.1) is 10.7 Å². The first-order valence-electron chi connectivity index (χ1n) is 9.47. The van der Waals surface area contributed by atoms with Gasteiger partial charge in [-0.2, -0.15) is 0 Å². The molecule has 0 amide bonds. The monoisotopic (exact) mass is 415 g/mol. The molecule has 0 unspecified atom stereocenters. The fourth-order valence-corrected chi connectivity index (χ4v) is 4.53. The lowest BCUT2D eigenvalue weighted by Gasteiger charge is -2.34. The molecule has 0 radical (unpaired) electrons. The number of aryl methyl sites for hydroxylation is 1. The third-order valence-corrected chi connectivity index (χ3v) is 6.29. The molecule has 1 fully saturated rings. The summed E-state index contributed by atoms with van der Waals surface area (Å²) in [5.41, 5.74) is 4.65. The van der Waals surface area contributed by atoms with Crippen LogP contribution in [0.5, 0.6) is 0 Å². The molecule has 3 nitrogen and oxygen atoms in total. The van der Waals surface area contributed by atoms with E-state index in [4.69, 9.17) is 16.6 Å². The smallest absolute Gasteiger partial charge is 0.141 e. The van der Waals surface area contributed by atoms with E-state index in [1.807, 2.05) is 6.07 Å². The number of piperazine rings is 1. The van der Waals surface area contributed by atoms with E-state index in [2.05, 4.69) is 46.4 Å². The van der Waals surface area contributed by atoms with Crippen LogP contribution in [0.25, 0.3) is 10.6 Å². The van der Waals surface area contributed by atoms with Crippen LogP contribution in [0.15, 0.2) is 47.8 Å². The molecule has 6 heteroatoms. The summed E-state index contributed by atoms with van der Waals surface area (Å²) in [6.07, 6.45) is 0. The molecule has 1 aliphatic rings. The molecular weight excluding hydrogens is 393 g/mol. The molecule has 4 rings (SSSR count). The zero-order valence-electron chi connectivity index (χ0n) is 15.9. The van der Waals surface area contributed by atoms with Crippen molar-refractivity contribution in [1.82, 2.24) is 14.8 Å². The number of hydrogen-bond acceptors (Lipinski definition) is 4. The molecular formula is C22H23ClFN3S. The van der Waals surface area contributed by atoms with E-state index in [1.165, 1.54) is 17.2 Å². The van der Waals surface area contributed by atoms with E-state index in [9.17, 15) is 4.39 Å². The maximum absolute atomic E-state index is 13.3. The first-order chi connectivity index (χ1) is 13.6. The van der Waals surface area contributed by atoms with Gasteiger partial charge in [0.2, 0.25) is 0 Å². The number of nitrogens with zero attached hydrogens (tertiary/aromatic N) is 3. The maximum atomic E-state index is 13.3. The molecule has 28 heavy (non-hydrogen) atoms. The van der Waals surface area contributed by atoms with Crippen LogP contribution in [0.4, 0.5) is 4.39 Å². The van der Waals surface area contributed by atoms with Gasteiger partial charge in [-0.25, -0.2) is 9.37 Å². The lowest BCUT2D eigenvalue weighted by Crippen LogP contribution is -2.45. The van der Waals surface area contributed by atoms with Gasteiger partial charge in [-0.05, 0) is 30.7 Å². The van der Waals surface area contributed by atoms with Crippen LogP contribution in [0.1, 0.15) is 16.8 Å². The largest absolute Gasteiger partial charge is 0.297 e. The SMILES string of the molecule is Cc1cccc(-c2nc(CN3CCN(Cc4ccc(F)c(Cl)c4)CC3)cs2)c1. The molecule has 3 aromatic rings. The van der Waals surface area contributed by atoms with Gasteiger partial charge in [0, 0.05) is 50.2 Å². The number of thiazole rings is 1. The van der Waals surface area contributed by atoms with E-state index in [0.717, 1.165) is 55.5 Å². The Balaban J connectivity index is 1.30. The Bertz CT molecular complexity index is 950. The topological polar surface area (TPSA) is 19.4 Å². The van der Waals surface area contributed by atoms with Gasteiger partial charge in [0.25, 0.3) is 0 Å². The molecule has 1 aromatic heterocycles. The van der Waals surface area contributed by atoms with Gasteiger partial charge >= 0.3 is 0 Å². The van der Waals surface area contributed by atoms with Crippen molar-refractivity contribution in [2.45, 2.75) is 20.0 Å². The molecule has 146 valence electrons. The maximum Gasteiger partial charge on any atom is 0.141 e. The third kappa shape index (κ3) is 4.78. The molecule has 0 aliphatic carbocycles. The van der Waals surface area contributed by atoms with Crippen molar-refractivity contribution in [3.05, 3.63) is 75.5 Å². The summed E-state index contributed by atoms with van der Waals surface area (Å²) in [5.74, 6) is -0.358. The standard InChI is InChI=1S/C22H23ClFN3S/c1-16-3-2-4-18(11-16)22-25-19(15-28-22)14-27-9-7-26(8-10-27)13-17-5-6-21(24)20(23)12-17/h2-6,11-12,15H,7-10,13-14H2,1H3. The Morgan fingerprint density at radius 2 is 1.79 bits per heavy atom. The van der Waals surface area contributed by atoms with Crippen LogP contribution < -0.4 is 0 Å². The molecule has 2 aromatic carbocycles. The van der Waals surface area contributed by atoms with Crippen molar-refractivity contribution in [3.63, 3.8) is 0 Å². The first-order valence-corrected chi connectivity index (χ1v) is 10.7. The van der Waals surface area contributed by atoms with Crippen LogP contribution >= 0.6 is 22.9 Å². The summed E-state index contributed by atoms with van der Waals surface area (Å²) in [6.45, 7) is 7.80. The molecule has 2 heterocycles. The lowest BCUT2D eigenvalue weighted by atomic mass is 10.1. The van der Waals surface area contributed by atoms with Crippen LogP contribution in [-0.2, 0) is 13.1 Å². The Morgan fingerprint density at radius 1 is 1.04 bits per heavy atom. The second-order valence-corrected chi connectivity index (χ2v) is 8.58. The molecule has 0 saturated carbocycles. The van der Waals surface area contributed by atoms with Gasteiger partial charge < -0.3 is 0 Å². The van der Waals surface area contributed by atoms with Crippen LogP contribution in [0.3, 0.4) is 0 Å². The Kier molecular flexibility index (Phi) is 6.07. The highest BCUT2D eigenvalue weighted by Crippen LogP contribution is 2.25. The van der Waals surface area contributed by atoms with E-state index in [-0.39, 0.29) is 10.8 Å². The zero-order chi connectivity index (χ0) is 19.5. The Labute approximate surface area is 174 Å². The van der Waals surface area contributed by atoms with Crippen molar-refractivity contribution < 1.29 is 4.39 Å². The Morgan fingerprint density at radius 3 is 2.50 bits per heavy atom. The second kappa shape index (κ2) is 8.70. The molecule has 1 saturated heterocycles. The second-order valence-electron chi connectivity index (χ2n) is 7.31. The summed E-state index contributed by atoms with van der Waals surface area (Å²) in [5, 5.41) is 3.46. The summed E-state index contributed by atoms with van der Waals surface area (Å²) in [4.78, 5) is 9.67. The van der Waals surface area contributed by atoms with Crippen LogP contribution in [0.2, 0.25) is 5.02 Å². The fourth-order valence-electron chi connectivity index (χ4n) is 3.52. The number of rotatable bonds is 5. The van der Waals surface area contributed by atoms with Crippen LogP contribution in [-0.4, -0.2) is 41.0 Å². The minimum atomic E-state index is -0.358. The predicted octanol–water partition coefficient (Wildman–Crippen LogP) is 5.23. The van der Waals surface area contributed by atoms with Gasteiger partial charge in [-0.3, -0.25) is 9.80 Å². The lowest BCUT2D eigenvalue weighted by molar-refractivity contribution is 0.121. The van der Waals surface area contributed by atoms with Crippen molar-refractivity contribution in [1.29, 1.82) is 0 Å². The van der Waals surface area contributed by atoms with E-state index >= 15 is 0 Å². The van der Waals surface area contributed by atoms with E-state index < -0.39 is 0 Å². The third-order valence-electron chi connectivity index (χ3n) is 5.06. The Hall–Kier alpha value is -1.79. The summed E-state index contributed by atoms with van der Waals surface area (Å²) < 4.78 is 13.3.